The fourth-order valence-electron chi connectivity index (χ4n) is 2.62. The Labute approximate surface area is 140 Å². The molecule has 3 rings (SSSR count). The number of ether oxygens (including phenoxy) is 1. The third-order valence-electron chi connectivity index (χ3n) is 3.79. The molecular weight excluding hydrogens is 304 g/mol. The van der Waals surface area contributed by atoms with Crippen LogP contribution in [0.15, 0.2) is 46.9 Å². The van der Waals surface area contributed by atoms with E-state index in [2.05, 4.69) is 10.3 Å². The van der Waals surface area contributed by atoms with Gasteiger partial charge >= 0.3 is 0 Å². The van der Waals surface area contributed by atoms with Gasteiger partial charge in [-0.05, 0) is 41.8 Å². The summed E-state index contributed by atoms with van der Waals surface area (Å²) in [6.45, 7) is 2.40. The van der Waals surface area contributed by atoms with E-state index in [-0.39, 0.29) is 5.91 Å². The third kappa shape index (κ3) is 3.93. The van der Waals surface area contributed by atoms with E-state index in [1.54, 1.807) is 7.11 Å². The number of aromatic nitrogens is 1. The second-order valence-corrected chi connectivity index (χ2v) is 5.66. The summed E-state index contributed by atoms with van der Waals surface area (Å²) >= 11 is 0. The molecule has 0 unspecified atom stereocenters. The van der Waals surface area contributed by atoms with Gasteiger partial charge in [-0.1, -0.05) is 18.2 Å². The number of rotatable bonds is 6. The van der Waals surface area contributed by atoms with Crippen LogP contribution in [-0.2, 0) is 17.6 Å². The summed E-state index contributed by atoms with van der Waals surface area (Å²) in [5, 5.41) is 2.94. The zero-order chi connectivity index (χ0) is 16.9. The highest BCUT2D eigenvalue weighted by Crippen LogP contribution is 2.17. The van der Waals surface area contributed by atoms with Gasteiger partial charge in [0.15, 0.2) is 11.5 Å². The standard InChI is InChI=1S/C19H20N2O3/c1-13-21-17-7-6-15(11-18(17)24-13)12-19(22)20-9-8-14-4-3-5-16(10-14)23-2/h3-7,10-11H,8-9,12H2,1-2H3,(H,20,22). The minimum absolute atomic E-state index is 0.00603. The molecule has 0 aliphatic carbocycles. The van der Waals surface area contributed by atoms with Crippen LogP contribution in [0.2, 0.25) is 0 Å². The highest BCUT2D eigenvalue weighted by Gasteiger charge is 2.07. The molecule has 1 heterocycles. The van der Waals surface area contributed by atoms with Crippen molar-refractivity contribution < 1.29 is 13.9 Å². The maximum atomic E-state index is 12.1. The van der Waals surface area contributed by atoms with Crippen LogP contribution in [0.3, 0.4) is 0 Å². The molecule has 1 amide bonds. The summed E-state index contributed by atoms with van der Waals surface area (Å²) in [5.74, 6) is 1.45. The van der Waals surface area contributed by atoms with Crippen LogP contribution in [0.5, 0.6) is 5.75 Å². The lowest BCUT2D eigenvalue weighted by Gasteiger charge is -2.07. The lowest BCUT2D eigenvalue weighted by atomic mass is 10.1. The Morgan fingerprint density at radius 2 is 2.08 bits per heavy atom. The first-order chi connectivity index (χ1) is 11.6. The number of benzene rings is 2. The minimum Gasteiger partial charge on any atom is -0.497 e. The number of oxazole rings is 1. The highest BCUT2D eigenvalue weighted by molar-refractivity contribution is 5.81. The van der Waals surface area contributed by atoms with E-state index in [1.165, 1.54) is 0 Å². The number of hydrogen-bond acceptors (Lipinski definition) is 4. The fourth-order valence-corrected chi connectivity index (χ4v) is 2.62. The summed E-state index contributed by atoms with van der Waals surface area (Å²) in [7, 11) is 1.65. The number of nitrogens with one attached hydrogen (secondary N) is 1. The van der Waals surface area contributed by atoms with E-state index in [9.17, 15) is 4.79 Å². The van der Waals surface area contributed by atoms with Crippen LogP contribution in [0, 0.1) is 6.92 Å². The van der Waals surface area contributed by atoms with Gasteiger partial charge in [0, 0.05) is 13.5 Å². The molecule has 5 nitrogen and oxygen atoms in total. The van der Waals surface area contributed by atoms with Crippen molar-refractivity contribution in [3.63, 3.8) is 0 Å². The first-order valence-corrected chi connectivity index (χ1v) is 7.90. The van der Waals surface area contributed by atoms with Crippen LogP contribution in [0.1, 0.15) is 17.0 Å². The highest BCUT2D eigenvalue weighted by atomic mass is 16.5. The molecule has 0 aliphatic rings. The molecule has 2 aromatic carbocycles. The Kier molecular flexibility index (Phi) is 4.79. The quantitative estimate of drug-likeness (QED) is 0.757. The minimum atomic E-state index is -0.00603. The van der Waals surface area contributed by atoms with Crippen LogP contribution < -0.4 is 10.1 Å². The van der Waals surface area contributed by atoms with E-state index < -0.39 is 0 Å². The Morgan fingerprint density at radius 1 is 1.21 bits per heavy atom. The summed E-state index contributed by atoms with van der Waals surface area (Å²) in [6, 6.07) is 13.5. The molecule has 0 fully saturated rings. The summed E-state index contributed by atoms with van der Waals surface area (Å²) in [4.78, 5) is 16.3. The van der Waals surface area contributed by atoms with Crippen molar-refractivity contribution in [2.75, 3.05) is 13.7 Å². The molecule has 5 heteroatoms. The molecule has 24 heavy (non-hydrogen) atoms. The maximum Gasteiger partial charge on any atom is 0.224 e. The normalized spacial score (nSPS) is 10.8. The predicted octanol–water partition coefficient (Wildman–Crippen LogP) is 3.05. The molecule has 0 aliphatic heterocycles. The predicted molar refractivity (Wildman–Crippen MR) is 92.2 cm³/mol. The van der Waals surface area contributed by atoms with E-state index in [4.69, 9.17) is 9.15 Å². The smallest absolute Gasteiger partial charge is 0.224 e. The zero-order valence-corrected chi connectivity index (χ0v) is 13.8. The molecule has 0 atom stereocenters. The molecule has 0 bridgehead atoms. The second kappa shape index (κ2) is 7.17. The number of hydrogen-bond donors (Lipinski definition) is 1. The van der Waals surface area contributed by atoms with E-state index >= 15 is 0 Å². The number of carbonyl (C=O) groups is 1. The van der Waals surface area contributed by atoms with Crippen molar-refractivity contribution in [3.05, 3.63) is 59.5 Å². The number of carbonyl (C=O) groups excluding carboxylic acids is 1. The lowest BCUT2D eigenvalue weighted by molar-refractivity contribution is -0.120. The molecule has 0 saturated carbocycles. The maximum absolute atomic E-state index is 12.1. The number of fused-ring (bicyclic) bond motifs is 1. The zero-order valence-electron chi connectivity index (χ0n) is 13.8. The van der Waals surface area contributed by atoms with Gasteiger partial charge in [0.05, 0.1) is 13.5 Å². The van der Waals surface area contributed by atoms with E-state index in [0.29, 0.717) is 24.4 Å². The van der Waals surface area contributed by atoms with Gasteiger partial charge in [-0.2, -0.15) is 0 Å². The van der Waals surface area contributed by atoms with Crippen molar-refractivity contribution in [2.45, 2.75) is 19.8 Å². The van der Waals surface area contributed by atoms with Gasteiger partial charge in [0.1, 0.15) is 11.3 Å². The number of nitrogens with zero attached hydrogens (tertiary/aromatic N) is 1. The first kappa shape index (κ1) is 16.1. The lowest BCUT2D eigenvalue weighted by Crippen LogP contribution is -2.27. The van der Waals surface area contributed by atoms with Gasteiger partial charge < -0.3 is 14.5 Å². The van der Waals surface area contributed by atoms with Gasteiger partial charge in [0.25, 0.3) is 0 Å². The second-order valence-electron chi connectivity index (χ2n) is 5.66. The largest absolute Gasteiger partial charge is 0.497 e. The fraction of sp³-hybridized carbons (Fsp3) is 0.263. The number of aryl methyl sites for hydroxylation is 1. The molecule has 1 N–H and O–H groups in total. The van der Waals surface area contributed by atoms with Crippen LogP contribution in [0.25, 0.3) is 11.1 Å². The van der Waals surface area contributed by atoms with E-state index in [0.717, 1.165) is 28.8 Å². The number of methoxy groups -OCH3 is 1. The van der Waals surface area contributed by atoms with Crippen LogP contribution >= 0.6 is 0 Å². The molecular formula is C19H20N2O3. The van der Waals surface area contributed by atoms with Gasteiger partial charge in [0.2, 0.25) is 5.91 Å². The Hall–Kier alpha value is -2.82. The number of amides is 1. The summed E-state index contributed by atoms with van der Waals surface area (Å²) in [6.07, 6.45) is 1.09. The third-order valence-corrected chi connectivity index (χ3v) is 3.79. The monoisotopic (exact) mass is 324 g/mol. The van der Waals surface area contributed by atoms with Crippen LogP contribution in [-0.4, -0.2) is 24.5 Å². The Balaban J connectivity index is 1.52. The summed E-state index contributed by atoms with van der Waals surface area (Å²) in [5.41, 5.74) is 3.58. The molecule has 1 aromatic heterocycles. The molecule has 124 valence electrons. The molecule has 0 saturated heterocycles. The summed E-state index contributed by atoms with van der Waals surface area (Å²) < 4.78 is 10.7. The average molecular weight is 324 g/mol. The van der Waals surface area contributed by atoms with Crippen molar-refractivity contribution in [2.24, 2.45) is 0 Å². The molecule has 0 spiro atoms. The first-order valence-electron chi connectivity index (χ1n) is 7.90. The van der Waals surface area contributed by atoms with Gasteiger partial charge in [-0.3, -0.25) is 4.79 Å². The average Bonchev–Trinajstić information content (AvgIpc) is 2.94. The Morgan fingerprint density at radius 3 is 2.92 bits per heavy atom. The molecule has 0 radical (unpaired) electrons. The van der Waals surface area contributed by atoms with E-state index in [1.807, 2.05) is 49.4 Å². The molecule has 3 aromatic rings. The van der Waals surface area contributed by atoms with Crippen molar-refractivity contribution in [1.29, 1.82) is 0 Å². The van der Waals surface area contributed by atoms with Crippen molar-refractivity contribution in [1.82, 2.24) is 10.3 Å². The van der Waals surface area contributed by atoms with Gasteiger partial charge in [-0.25, -0.2) is 4.98 Å². The topological polar surface area (TPSA) is 64.4 Å². The van der Waals surface area contributed by atoms with Crippen LogP contribution in [0.4, 0.5) is 0 Å². The SMILES string of the molecule is COc1cccc(CCNC(=O)Cc2ccc3nc(C)oc3c2)c1. The van der Waals surface area contributed by atoms with Crippen molar-refractivity contribution in [3.8, 4) is 5.75 Å². The Bertz CT molecular complexity index is 855. The van der Waals surface area contributed by atoms with Crippen molar-refractivity contribution >= 4 is 17.0 Å². The van der Waals surface area contributed by atoms with Gasteiger partial charge in [-0.15, -0.1) is 0 Å².